The molecule has 0 fully saturated rings. The summed E-state index contributed by atoms with van der Waals surface area (Å²) >= 11 is 0. The molecule has 7 heteroatoms. The molecular weight excluding hydrogens is 400 g/mol. The number of carbonyl (C=O) groups is 1. The predicted molar refractivity (Wildman–Crippen MR) is 116 cm³/mol. The maximum absolute atomic E-state index is 12.8. The van der Waals surface area contributed by atoms with E-state index in [2.05, 4.69) is 5.32 Å². The number of amides is 1. The molecule has 0 spiro atoms. The molecule has 0 radical (unpaired) electrons. The fourth-order valence-electron chi connectivity index (χ4n) is 3.02. The van der Waals surface area contributed by atoms with Crippen LogP contribution in [0, 0.1) is 0 Å². The maximum atomic E-state index is 12.8. The van der Waals surface area contributed by atoms with E-state index in [1.54, 1.807) is 48.5 Å². The van der Waals surface area contributed by atoms with Gasteiger partial charge in [0.15, 0.2) is 0 Å². The molecule has 0 aromatic heterocycles. The number of hydrogen-bond donors (Lipinski definition) is 1. The second kappa shape index (κ2) is 9.56. The van der Waals surface area contributed by atoms with Gasteiger partial charge in [0.1, 0.15) is 5.75 Å². The van der Waals surface area contributed by atoms with Gasteiger partial charge in [-0.25, -0.2) is 8.42 Å². The Balaban J connectivity index is 1.78. The lowest BCUT2D eigenvalue weighted by Gasteiger charge is -2.19. The molecule has 6 nitrogen and oxygen atoms in total. The normalized spacial score (nSPS) is 11.3. The van der Waals surface area contributed by atoms with Crippen molar-refractivity contribution < 1.29 is 17.9 Å². The molecule has 30 heavy (non-hydrogen) atoms. The van der Waals surface area contributed by atoms with E-state index in [0.29, 0.717) is 23.4 Å². The van der Waals surface area contributed by atoms with Crippen molar-refractivity contribution in [1.29, 1.82) is 0 Å². The van der Waals surface area contributed by atoms with E-state index >= 15 is 0 Å². The number of hydrogen-bond acceptors (Lipinski definition) is 4. The van der Waals surface area contributed by atoms with Crippen molar-refractivity contribution in [1.82, 2.24) is 9.62 Å². The molecular formula is C23H24N2O4S. The summed E-state index contributed by atoms with van der Waals surface area (Å²) in [5.41, 5.74) is 2.03. The third-order valence-corrected chi connectivity index (χ3v) is 6.50. The molecule has 0 saturated heterocycles. The van der Waals surface area contributed by atoms with Crippen LogP contribution in [0.5, 0.6) is 5.75 Å². The van der Waals surface area contributed by atoms with Gasteiger partial charge < -0.3 is 10.1 Å². The second-order valence-electron chi connectivity index (χ2n) is 6.77. The van der Waals surface area contributed by atoms with Gasteiger partial charge in [-0.2, -0.15) is 4.31 Å². The van der Waals surface area contributed by atoms with E-state index in [1.165, 1.54) is 18.5 Å². The molecule has 3 aromatic rings. The van der Waals surface area contributed by atoms with Crippen LogP contribution in [0.4, 0.5) is 0 Å². The van der Waals surface area contributed by atoms with Gasteiger partial charge in [-0.05, 0) is 35.9 Å². The van der Waals surface area contributed by atoms with Crippen LogP contribution in [0.2, 0.25) is 0 Å². The largest absolute Gasteiger partial charge is 0.496 e. The van der Waals surface area contributed by atoms with E-state index in [0.717, 1.165) is 5.56 Å². The molecule has 1 amide bonds. The Kier molecular flexibility index (Phi) is 6.87. The van der Waals surface area contributed by atoms with Crippen molar-refractivity contribution in [2.45, 2.75) is 18.0 Å². The van der Waals surface area contributed by atoms with E-state index in [4.69, 9.17) is 4.74 Å². The monoisotopic (exact) mass is 424 g/mol. The molecule has 0 atom stereocenters. The topological polar surface area (TPSA) is 75.7 Å². The van der Waals surface area contributed by atoms with Crippen LogP contribution in [0.25, 0.3) is 0 Å². The summed E-state index contributed by atoms with van der Waals surface area (Å²) in [5.74, 6) is 0.279. The number of carbonyl (C=O) groups excluding carboxylic acids is 1. The summed E-state index contributed by atoms with van der Waals surface area (Å²) in [4.78, 5) is 12.8. The Hall–Kier alpha value is -3.16. The molecule has 3 rings (SSSR count). The van der Waals surface area contributed by atoms with Gasteiger partial charge in [-0.3, -0.25) is 4.79 Å². The van der Waals surface area contributed by atoms with Gasteiger partial charge >= 0.3 is 0 Å². The predicted octanol–water partition coefficient (Wildman–Crippen LogP) is 3.45. The summed E-state index contributed by atoms with van der Waals surface area (Å²) < 4.78 is 32.3. The number of benzene rings is 3. The number of nitrogens with zero attached hydrogens (tertiary/aromatic N) is 1. The molecule has 0 unspecified atom stereocenters. The van der Waals surface area contributed by atoms with Crippen molar-refractivity contribution in [3.63, 3.8) is 0 Å². The van der Waals surface area contributed by atoms with Gasteiger partial charge in [0.05, 0.1) is 12.0 Å². The average Bonchev–Trinajstić information content (AvgIpc) is 2.78. The zero-order chi connectivity index (χ0) is 21.6. The van der Waals surface area contributed by atoms with Crippen molar-refractivity contribution in [3.8, 4) is 5.75 Å². The van der Waals surface area contributed by atoms with Crippen LogP contribution in [-0.4, -0.2) is 32.8 Å². The lowest BCUT2D eigenvalue weighted by Crippen LogP contribution is -2.27. The molecule has 1 N–H and O–H groups in total. The Morgan fingerprint density at radius 1 is 0.967 bits per heavy atom. The zero-order valence-electron chi connectivity index (χ0n) is 16.9. The Morgan fingerprint density at radius 2 is 1.60 bits per heavy atom. The minimum absolute atomic E-state index is 0.0696. The number of sulfonamides is 1. The second-order valence-corrected chi connectivity index (χ2v) is 8.81. The zero-order valence-corrected chi connectivity index (χ0v) is 17.7. The molecule has 3 aromatic carbocycles. The third-order valence-electron chi connectivity index (χ3n) is 4.68. The van der Waals surface area contributed by atoms with Crippen LogP contribution in [0.15, 0.2) is 83.8 Å². The minimum atomic E-state index is -3.66. The van der Waals surface area contributed by atoms with Crippen LogP contribution < -0.4 is 10.1 Å². The average molecular weight is 425 g/mol. The highest BCUT2D eigenvalue weighted by molar-refractivity contribution is 7.89. The lowest BCUT2D eigenvalue weighted by atomic mass is 10.1. The number of nitrogens with one attached hydrogen (secondary N) is 1. The molecule has 0 aliphatic heterocycles. The molecule has 0 aliphatic rings. The highest BCUT2D eigenvalue weighted by atomic mass is 32.2. The summed E-state index contributed by atoms with van der Waals surface area (Å²) in [6.45, 7) is 0.476. The number of rotatable bonds is 8. The van der Waals surface area contributed by atoms with Gasteiger partial charge in [-0.15, -0.1) is 0 Å². The standard InChI is InChI=1S/C23H24N2O4S/c1-25(30(27,28)21-11-7-4-8-12-21)17-20-15-19(13-14-22(20)29-2)23(26)24-16-18-9-5-3-6-10-18/h3-15H,16-17H2,1-2H3,(H,24,26). The van der Waals surface area contributed by atoms with Gasteiger partial charge in [0, 0.05) is 31.3 Å². The van der Waals surface area contributed by atoms with Crippen molar-refractivity contribution in [3.05, 3.63) is 95.6 Å². The SMILES string of the molecule is COc1ccc(C(=O)NCc2ccccc2)cc1CN(C)S(=O)(=O)c1ccccc1. The Bertz CT molecular complexity index is 1100. The molecule has 0 aliphatic carbocycles. The maximum Gasteiger partial charge on any atom is 0.251 e. The molecule has 156 valence electrons. The van der Waals surface area contributed by atoms with Gasteiger partial charge in [0.2, 0.25) is 10.0 Å². The van der Waals surface area contributed by atoms with E-state index in [9.17, 15) is 13.2 Å². The summed E-state index contributed by atoms with van der Waals surface area (Å²) in [6, 6.07) is 22.8. The van der Waals surface area contributed by atoms with Crippen LogP contribution in [0.3, 0.4) is 0 Å². The fourth-order valence-corrected chi connectivity index (χ4v) is 4.19. The minimum Gasteiger partial charge on any atom is -0.496 e. The van der Waals surface area contributed by atoms with Crippen molar-refractivity contribution in [2.75, 3.05) is 14.2 Å². The first-order chi connectivity index (χ1) is 14.4. The van der Waals surface area contributed by atoms with E-state index < -0.39 is 10.0 Å². The molecule has 0 bridgehead atoms. The Labute approximate surface area is 177 Å². The van der Waals surface area contributed by atoms with Crippen LogP contribution in [0.1, 0.15) is 21.5 Å². The van der Waals surface area contributed by atoms with Gasteiger partial charge in [-0.1, -0.05) is 48.5 Å². The number of ether oxygens (including phenoxy) is 1. The Morgan fingerprint density at radius 3 is 2.23 bits per heavy atom. The van der Waals surface area contributed by atoms with Gasteiger partial charge in [0.25, 0.3) is 5.91 Å². The highest BCUT2D eigenvalue weighted by Crippen LogP contribution is 2.24. The van der Waals surface area contributed by atoms with E-state index in [1.807, 2.05) is 30.3 Å². The summed E-state index contributed by atoms with van der Waals surface area (Å²) in [5, 5.41) is 2.88. The molecule has 0 heterocycles. The smallest absolute Gasteiger partial charge is 0.251 e. The summed E-state index contributed by atoms with van der Waals surface area (Å²) in [7, 11) is -0.647. The van der Waals surface area contributed by atoms with Crippen molar-refractivity contribution in [2.24, 2.45) is 0 Å². The third kappa shape index (κ3) is 5.06. The summed E-state index contributed by atoms with van der Waals surface area (Å²) in [6.07, 6.45) is 0. The number of methoxy groups -OCH3 is 1. The van der Waals surface area contributed by atoms with Crippen molar-refractivity contribution >= 4 is 15.9 Å². The first-order valence-corrected chi connectivity index (χ1v) is 10.9. The fraction of sp³-hybridized carbons (Fsp3) is 0.174. The first-order valence-electron chi connectivity index (χ1n) is 9.42. The highest BCUT2D eigenvalue weighted by Gasteiger charge is 2.22. The quantitative estimate of drug-likeness (QED) is 0.601. The molecule has 0 saturated carbocycles. The van der Waals surface area contributed by atoms with Crippen LogP contribution >= 0.6 is 0 Å². The first kappa shape index (κ1) is 21.5. The lowest BCUT2D eigenvalue weighted by molar-refractivity contribution is 0.0950. The van der Waals surface area contributed by atoms with E-state index in [-0.39, 0.29) is 17.3 Å². The van der Waals surface area contributed by atoms with Crippen LogP contribution in [-0.2, 0) is 23.1 Å².